The quantitative estimate of drug-likeness (QED) is 0.875. The predicted octanol–water partition coefficient (Wildman–Crippen LogP) is 4.15. The summed E-state index contributed by atoms with van der Waals surface area (Å²) in [4.78, 5) is 0. The Balaban J connectivity index is 2.03. The second kappa shape index (κ2) is 5.78. The van der Waals surface area contributed by atoms with Crippen LogP contribution in [0.5, 0.6) is 0 Å². The fraction of sp³-hybridized carbons (Fsp3) is 0.200. The monoisotopic (exact) mass is 265 g/mol. The molecule has 0 aliphatic rings. The Kier molecular flexibility index (Phi) is 4.10. The van der Waals surface area contributed by atoms with Crippen LogP contribution in [0.3, 0.4) is 0 Å². The number of rotatable bonds is 4. The second-order valence-corrected chi connectivity index (χ2v) is 4.47. The third kappa shape index (κ3) is 3.50. The van der Waals surface area contributed by atoms with E-state index in [2.05, 4.69) is 5.32 Å². The van der Waals surface area contributed by atoms with Crippen molar-refractivity contribution in [3.8, 4) is 0 Å². The lowest BCUT2D eigenvalue weighted by atomic mass is 10.1. The van der Waals surface area contributed by atoms with Gasteiger partial charge in [-0.25, -0.2) is 13.2 Å². The molecular formula is C15H14F3N. The Morgan fingerprint density at radius 3 is 2.37 bits per heavy atom. The molecule has 0 aliphatic carbocycles. The molecule has 100 valence electrons. The van der Waals surface area contributed by atoms with Crippen molar-refractivity contribution in [2.45, 2.75) is 19.4 Å². The van der Waals surface area contributed by atoms with E-state index in [4.69, 9.17) is 0 Å². The van der Waals surface area contributed by atoms with Crippen LogP contribution in [-0.4, -0.2) is 6.04 Å². The molecule has 2 rings (SSSR count). The van der Waals surface area contributed by atoms with Gasteiger partial charge in [-0.05, 0) is 37.1 Å². The van der Waals surface area contributed by atoms with Crippen molar-refractivity contribution in [2.24, 2.45) is 0 Å². The Morgan fingerprint density at radius 2 is 1.68 bits per heavy atom. The molecule has 2 aromatic rings. The first-order chi connectivity index (χ1) is 9.06. The van der Waals surface area contributed by atoms with Gasteiger partial charge in [0, 0.05) is 17.8 Å². The topological polar surface area (TPSA) is 12.0 Å². The van der Waals surface area contributed by atoms with Gasteiger partial charge in [0.25, 0.3) is 0 Å². The van der Waals surface area contributed by atoms with Crippen molar-refractivity contribution >= 4 is 5.69 Å². The van der Waals surface area contributed by atoms with Crippen LogP contribution in [0.2, 0.25) is 0 Å². The Morgan fingerprint density at radius 1 is 0.947 bits per heavy atom. The fourth-order valence-corrected chi connectivity index (χ4v) is 1.92. The molecule has 1 atom stereocenters. The van der Waals surface area contributed by atoms with E-state index in [0.717, 1.165) is 12.1 Å². The van der Waals surface area contributed by atoms with Crippen LogP contribution in [0.25, 0.3) is 0 Å². The Labute approximate surface area is 110 Å². The number of hydrogen-bond acceptors (Lipinski definition) is 1. The highest BCUT2D eigenvalue weighted by molar-refractivity contribution is 5.44. The van der Waals surface area contributed by atoms with Crippen LogP contribution in [-0.2, 0) is 6.42 Å². The highest BCUT2D eigenvalue weighted by Crippen LogP contribution is 2.16. The first-order valence-electron chi connectivity index (χ1n) is 6.01. The minimum Gasteiger partial charge on any atom is -0.382 e. The first kappa shape index (κ1) is 13.5. The van der Waals surface area contributed by atoms with Crippen LogP contribution in [0, 0.1) is 17.5 Å². The standard InChI is InChI=1S/C15H14F3N/c1-10(8-11-4-2-3-5-13(11)16)19-12-6-7-14(17)15(18)9-12/h2-7,9-10,19H,8H2,1H3. The summed E-state index contributed by atoms with van der Waals surface area (Å²) in [6, 6.07) is 10.0. The number of nitrogens with one attached hydrogen (secondary N) is 1. The number of benzene rings is 2. The van der Waals surface area contributed by atoms with Gasteiger partial charge >= 0.3 is 0 Å². The molecule has 0 spiro atoms. The average molecular weight is 265 g/mol. The molecule has 1 N–H and O–H groups in total. The van der Waals surface area contributed by atoms with Crippen LogP contribution in [0.1, 0.15) is 12.5 Å². The largest absolute Gasteiger partial charge is 0.382 e. The van der Waals surface area contributed by atoms with E-state index in [9.17, 15) is 13.2 Å². The molecular weight excluding hydrogens is 251 g/mol. The summed E-state index contributed by atoms with van der Waals surface area (Å²) in [6.45, 7) is 1.85. The smallest absolute Gasteiger partial charge is 0.160 e. The molecule has 1 nitrogen and oxygen atoms in total. The molecule has 2 aromatic carbocycles. The number of hydrogen-bond donors (Lipinski definition) is 1. The van der Waals surface area contributed by atoms with Crippen molar-refractivity contribution in [1.82, 2.24) is 0 Å². The van der Waals surface area contributed by atoms with Crippen molar-refractivity contribution in [3.05, 3.63) is 65.5 Å². The molecule has 0 bridgehead atoms. The molecule has 0 aliphatic heterocycles. The van der Waals surface area contributed by atoms with E-state index in [1.54, 1.807) is 18.2 Å². The minimum atomic E-state index is -0.900. The minimum absolute atomic E-state index is 0.0956. The maximum absolute atomic E-state index is 13.5. The fourth-order valence-electron chi connectivity index (χ4n) is 1.92. The Hall–Kier alpha value is -1.97. The van der Waals surface area contributed by atoms with E-state index in [-0.39, 0.29) is 11.9 Å². The molecule has 19 heavy (non-hydrogen) atoms. The van der Waals surface area contributed by atoms with Crippen LogP contribution < -0.4 is 5.32 Å². The van der Waals surface area contributed by atoms with Gasteiger partial charge in [0.15, 0.2) is 11.6 Å². The molecule has 4 heteroatoms. The van der Waals surface area contributed by atoms with Gasteiger partial charge in [-0.15, -0.1) is 0 Å². The van der Waals surface area contributed by atoms with Crippen LogP contribution in [0.4, 0.5) is 18.9 Å². The SMILES string of the molecule is CC(Cc1ccccc1F)Nc1ccc(F)c(F)c1. The maximum atomic E-state index is 13.5. The van der Waals surface area contributed by atoms with Crippen LogP contribution in [0.15, 0.2) is 42.5 Å². The molecule has 1 unspecified atom stereocenters. The molecule has 0 aromatic heterocycles. The van der Waals surface area contributed by atoms with Gasteiger partial charge < -0.3 is 5.32 Å². The van der Waals surface area contributed by atoms with E-state index in [1.807, 2.05) is 6.92 Å². The zero-order valence-electron chi connectivity index (χ0n) is 10.5. The molecule has 0 heterocycles. The summed E-state index contributed by atoms with van der Waals surface area (Å²) < 4.78 is 39.3. The molecule has 0 fully saturated rings. The lowest BCUT2D eigenvalue weighted by Crippen LogP contribution is -2.18. The second-order valence-electron chi connectivity index (χ2n) is 4.47. The van der Waals surface area contributed by atoms with Gasteiger partial charge in [0.1, 0.15) is 5.82 Å². The predicted molar refractivity (Wildman–Crippen MR) is 69.5 cm³/mol. The molecule has 0 saturated heterocycles. The average Bonchev–Trinajstić information content (AvgIpc) is 2.37. The maximum Gasteiger partial charge on any atom is 0.160 e. The van der Waals surface area contributed by atoms with Gasteiger partial charge in [-0.3, -0.25) is 0 Å². The van der Waals surface area contributed by atoms with Gasteiger partial charge in [0.05, 0.1) is 0 Å². The van der Waals surface area contributed by atoms with Gasteiger partial charge in [-0.2, -0.15) is 0 Å². The molecule has 0 amide bonds. The van der Waals surface area contributed by atoms with Crippen molar-refractivity contribution in [1.29, 1.82) is 0 Å². The number of halogens is 3. The molecule has 0 saturated carbocycles. The van der Waals surface area contributed by atoms with E-state index < -0.39 is 11.6 Å². The van der Waals surface area contributed by atoms with E-state index in [1.165, 1.54) is 12.1 Å². The lowest BCUT2D eigenvalue weighted by molar-refractivity contribution is 0.509. The van der Waals surface area contributed by atoms with E-state index >= 15 is 0 Å². The summed E-state index contributed by atoms with van der Waals surface area (Å²) in [5.74, 6) is -2.04. The zero-order chi connectivity index (χ0) is 13.8. The zero-order valence-corrected chi connectivity index (χ0v) is 10.5. The summed E-state index contributed by atoms with van der Waals surface area (Å²) in [5, 5.41) is 3.01. The van der Waals surface area contributed by atoms with Crippen molar-refractivity contribution < 1.29 is 13.2 Å². The summed E-state index contributed by atoms with van der Waals surface area (Å²) in [7, 11) is 0. The van der Waals surface area contributed by atoms with E-state index in [0.29, 0.717) is 17.7 Å². The highest BCUT2D eigenvalue weighted by Gasteiger charge is 2.09. The summed E-state index contributed by atoms with van der Waals surface area (Å²) in [5.41, 5.74) is 1.06. The summed E-state index contributed by atoms with van der Waals surface area (Å²) in [6.07, 6.45) is 0.464. The first-order valence-corrected chi connectivity index (χ1v) is 6.01. The molecule has 0 radical (unpaired) electrons. The number of anilines is 1. The highest BCUT2D eigenvalue weighted by atomic mass is 19.2. The third-order valence-corrected chi connectivity index (χ3v) is 2.82. The van der Waals surface area contributed by atoms with Crippen molar-refractivity contribution in [3.63, 3.8) is 0 Å². The summed E-state index contributed by atoms with van der Waals surface area (Å²) >= 11 is 0. The van der Waals surface area contributed by atoms with Gasteiger partial charge in [0.2, 0.25) is 0 Å². The van der Waals surface area contributed by atoms with Crippen LogP contribution >= 0.6 is 0 Å². The van der Waals surface area contributed by atoms with Crippen molar-refractivity contribution in [2.75, 3.05) is 5.32 Å². The Bertz CT molecular complexity index is 569. The van der Waals surface area contributed by atoms with Gasteiger partial charge in [-0.1, -0.05) is 18.2 Å². The third-order valence-electron chi connectivity index (χ3n) is 2.82. The lowest BCUT2D eigenvalue weighted by Gasteiger charge is -2.15. The normalized spacial score (nSPS) is 12.2.